The second-order valence-corrected chi connectivity index (χ2v) is 5.52. The van der Waals surface area contributed by atoms with Gasteiger partial charge in [-0.2, -0.15) is 0 Å². The number of benzene rings is 2. The molecule has 0 radical (unpaired) electrons. The van der Waals surface area contributed by atoms with E-state index in [1.165, 1.54) is 0 Å². The number of carbonyl (C=O) groups is 2. The number of carbonyl (C=O) groups excluding carboxylic acids is 2. The quantitative estimate of drug-likeness (QED) is 0.794. The van der Waals surface area contributed by atoms with Crippen LogP contribution in [0.2, 0.25) is 0 Å². The van der Waals surface area contributed by atoms with Crippen molar-refractivity contribution in [2.75, 3.05) is 17.2 Å². The van der Waals surface area contributed by atoms with Crippen LogP contribution in [-0.4, -0.2) is 18.4 Å². The van der Waals surface area contributed by atoms with Crippen molar-refractivity contribution >= 4 is 23.2 Å². The molecular weight excluding hydrogens is 290 g/mol. The summed E-state index contributed by atoms with van der Waals surface area (Å²) in [5.74, 6) is -0.0725. The third kappa shape index (κ3) is 3.96. The molecule has 0 spiro atoms. The molecule has 0 aromatic heterocycles. The monoisotopic (exact) mass is 309 g/mol. The van der Waals surface area contributed by atoms with Gasteiger partial charge in [0.15, 0.2) is 0 Å². The Hall–Kier alpha value is -2.66. The Labute approximate surface area is 135 Å². The molecule has 0 saturated carbocycles. The van der Waals surface area contributed by atoms with Crippen LogP contribution < -0.4 is 16.0 Å². The molecule has 2 aromatic carbocycles. The van der Waals surface area contributed by atoms with Crippen molar-refractivity contribution in [1.29, 1.82) is 0 Å². The summed E-state index contributed by atoms with van der Waals surface area (Å²) in [5.41, 5.74) is 3.69. The third-order valence-electron chi connectivity index (χ3n) is 3.78. The minimum atomic E-state index is -0.0915. The summed E-state index contributed by atoms with van der Waals surface area (Å²) in [7, 11) is 0. The average Bonchev–Trinajstić information content (AvgIpc) is 2.56. The van der Waals surface area contributed by atoms with E-state index in [-0.39, 0.29) is 18.4 Å². The number of hydrogen-bond donors (Lipinski definition) is 3. The van der Waals surface area contributed by atoms with E-state index in [0.717, 1.165) is 22.5 Å². The molecule has 23 heavy (non-hydrogen) atoms. The van der Waals surface area contributed by atoms with Crippen molar-refractivity contribution in [3.05, 3.63) is 59.7 Å². The molecule has 3 rings (SSSR count). The lowest BCUT2D eigenvalue weighted by atomic mass is 10.0. The molecule has 0 atom stereocenters. The van der Waals surface area contributed by atoms with Crippen molar-refractivity contribution in [1.82, 2.24) is 5.32 Å². The third-order valence-corrected chi connectivity index (χ3v) is 3.78. The van der Waals surface area contributed by atoms with Crippen molar-refractivity contribution in [3.63, 3.8) is 0 Å². The number of fused-ring (bicyclic) bond motifs is 1. The van der Waals surface area contributed by atoms with E-state index in [2.05, 4.69) is 16.0 Å². The van der Waals surface area contributed by atoms with Crippen LogP contribution in [-0.2, 0) is 22.6 Å². The zero-order valence-corrected chi connectivity index (χ0v) is 12.8. The minimum absolute atomic E-state index is 0.0190. The van der Waals surface area contributed by atoms with Crippen LogP contribution in [0.5, 0.6) is 0 Å². The number of amides is 2. The molecule has 0 unspecified atom stereocenters. The van der Waals surface area contributed by atoms with Gasteiger partial charge in [-0.25, -0.2) is 0 Å². The second-order valence-electron chi connectivity index (χ2n) is 5.52. The molecule has 1 heterocycles. The predicted octanol–water partition coefficient (Wildman–Crippen LogP) is 2.30. The summed E-state index contributed by atoms with van der Waals surface area (Å²) in [6.07, 6.45) is 1.10. The fourth-order valence-corrected chi connectivity index (χ4v) is 2.65. The smallest absolute Gasteiger partial charge is 0.238 e. The molecule has 0 fully saturated rings. The fourth-order valence-electron chi connectivity index (χ4n) is 2.65. The van der Waals surface area contributed by atoms with Gasteiger partial charge in [0.1, 0.15) is 0 Å². The Balaban J connectivity index is 1.56. The Morgan fingerprint density at radius 3 is 2.70 bits per heavy atom. The summed E-state index contributed by atoms with van der Waals surface area (Å²) in [6.45, 7) is 0.891. The molecule has 118 valence electrons. The molecule has 1 aliphatic heterocycles. The summed E-state index contributed by atoms with van der Waals surface area (Å²) < 4.78 is 0. The van der Waals surface area contributed by atoms with Crippen LogP contribution >= 0.6 is 0 Å². The molecule has 2 aromatic rings. The van der Waals surface area contributed by atoms with Crippen LogP contribution in [0.4, 0.5) is 11.4 Å². The van der Waals surface area contributed by atoms with Gasteiger partial charge < -0.3 is 16.0 Å². The fraction of sp³-hybridized carbons (Fsp3) is 0.222. The first-order valence-corrected chi connectivity index (χ1v) is 7.68. The zero-order chi connectivity index (χ0) is 16.1. The maximum atomic E-state index is 12.1. The van der Waals surface area contributed by atoms with E-state index in [4.69, 9.17) is 0 Å². The van der Waals surface area contributed by atoms with E-state index in [1.54, 1.807) is 0 Å². The van der Waals surface area contributed by atoms with E-state index in [0.29, 0.717) is 19.4 Å². The standard InChI is InChI=1S/C18H19N3O2/c22-17-10-9-14-15(20-17)7-4-8-16(14)21-18(23)12-19-11-13-5-2-1-3-6-13/h1-8,19H,9-12H2,(H,20,22)(H,21,23). The Morgan fingerprint density at radius 1 is 1.04 bits per heavy atom. The van der Waals surface area contributed by atoms with Crippen molar-refractivity contribution in [2.45, 2.75) is 19.4 Å². The van der Waals surface area contributed by atoms with E-state index in [9.17, 15) is 9.59 Å². The van der Waals surface area contributed by atoms with Gasteiger partial charge in [0.25, 0.3) is 0 Å². The molecule has 2 amide bonds. The summed E-state index contributed by atoms with van der Waals surface area (Å²) in [6, 6.07) is 15.5. The van der Waals surface area contributed by atoms with E-state index < -0.39 is 0 Å². The lowest BCUT2D eigenvalue weighted by Crippen LogP contribution is -2.28. The highest BCUT2D eigenvalue weighted by Gasteiger charge is 2.18. The first kappa shape index (κ1) is 15.2. The molecule has 0 saturated heterocycles. The maximum absolute atomic E-state index is 12.1. The van der Waals surface area contributed by atoms with Gasteiger partial charge in [0.2, 0.25) is 11.8 Å². The zero-order valence-electron chi connectivity index (χ0n) is 12.8. The van der Waals surface area contributed by atoms with Gasteiger partial charge in [-0.15, -0.1) is 0 Å². The predicted molar refractivity (Wildman–Crippen MR) is 90.2 cm³/mol. The van der Waals surface area contributed by atoms with Crippen LogP contribution in [0.25, 0.3) is 0 Å². The first-order valence-electron chi connectivity index (χ1n) is 7.68. The number of nitrogens with one attached hydrogen (secondary N) is 3. The Kier molecular flexibility index (Phi) is 4.68. The molecule has 5 heteroatoms. The number of hydrogen-bond acceptors (Lipinski definition) is 3. The summed E-state index contributed by atoms with van der Waals surface area (Å²) in [5, 5.41) is 8.88. The first-order chi connectivity index (χ1) is 11.2. The largest absolute Gasteiger partial charge is 0.326 e. The molecular formula is C18H19N3O2. The minimum Gasteiger partial charge on any atom is -0.326 e. The van der Waals surface area contributed by atoms with Gasteiger partial charge >= 0.3 is 0 Å². The van der Waals surface area contributed by atoms with Crippen LogP contribution in [0.15, 0.2) is 48.5 Å². The van der Waals surface area contributed by atoms with E-state index in [1.807, 2.05) is 48.5 Å². The van der Waals surface area contributed by atoms with Gasteiger partial charge in [0, 0.05) is 24.3 Å². The second kappa shape index (κ2) is 7.07. The van der Waals surface area contributed by atoms with Gasteiger partial charge in [-0.3, -0.25) is 9.59 Å². The number of anilines is 2. The van der Waals surface area contributed by atoms with Crippen LogP contribution in [0, 0.1) is 0 Å². The lowest BCUT2D eigenvalue weighted by molar-refractivity contribution is -0.116. The van der Waals surface area contributed by atoms with Gasteiger partial charge in [0.05, 0.1) is 6.54 Å². The average molecular weight is 309 g/mol. The van der Waals surface area contributed by atoms with E-state index >= 15 is 0 Å². The topological polar surface area (TPSA) is 70.2 Å². The lowest BCUT2D eigenvalue weighted by Gasteiger charge is -2.20. The molecule has 0 aliphatic carbocycles. The van der Waals surface area contributed by atoms with Crippen molar-refractivity contribution < 1.29 is 9.59 Å². The normalized spacial score (nSPS) is 13.1. The van der Waals surface area contributed by atoms with Gasteiger partial charge in [-0.05, 0) is 29.7 Å². The highest BCUT2D eigenvalue weighted by Crippen LogP contribution is 2.29. The molecule has 5 nitrogen and oxygen atoms in total. The molecule has 0 bridgehead atoms. The van der Waals surface area contributed by atoms with Gasteiger partial charge in [-0.1, -0.05) is 36.4 Å². The highest BCUT2D eigenvalue weighted by atomic mass is 16.2. The molecule has 3 N–H and O–H groups in total. The molecule has 1 aliphatic rings. The highest BCUT2D eigenvalue weighted by molar-refractivity contribution is 5.98. The maximum Gasteiger partial charge on any atom is 0.238 e. The Bertz CT molecular complexity index is 713. The SMILES string of the molecule is O=C1CCc2c(cccc2NC(=O)CNCc2ccccc2)N1. The number of rotatable bonds is 5. The summed E-state index contributed by atoms with van der Waals surface area (Å²) >= 11 is 0. The van der Waals surface area contributed by atoms with Crippen molar-refractivity contribution in [2.24, 2.45) is 0 Å². The van der Waals surface area contributed by atoms with Crippen LogP contribution in [0.1, 0.15) is 17.5 Å². The Morgan fingerprint density at radius 2 is 1.87 bits per heavy atom. The van der Waals surface area contributed by atoms with Crippen LogP contribution in [0.3, 0.4) is 0 Å². The summed E-state index contributed by atoms with van der Waals surface area (Å²) in [4.78, 5) is 23.5. The van der Waals surface area contributed by atoms with Crippen molar-refractivity contribution in [3.8, 4) is 0 Å².